The van der Waals surface area contributed by atoms with Crippen LogP contribution in [0.25, 0.3) is 16.2 Å². The van der Waals surface area contributed by atoms with E-state index in [-0.39, 0.29) is 11.5 Å². The van der Waals surface area contributed by atoms with E-state index in [9.17, 15) is 9.59 Å². The summed E-state index contributed by atoms with van der Waals surface area (Å²) in [6.07, 6.45) is 4.29. The van der Waals surface area contributed by atoms with E-state index in [1.807, 2.05) is 35.7 Å². The molecule has 3 heterocycles. The Morgan fingerprint density at radius 2 is 1.80 bits per heavy atom. The molecule has 0 radical (unpaired) electrons. The number of carbonyl (C=O) groups is 1. The summed E-state index contributed by atoms with van der Waals surface area (Å²) in [6.45, 7) is 0. The minimum atomic E-state index is -0.594. The van der Waals surface area contributed by atoms with E-state index >= 15 is 0 Å². The summed E-state index contributed by atoms with van der Waals surface area (Å²) in [7, 11) is 0. The second kappa shape index (κ2) is 6.25. The molecule has 0 aliphatic heterocycles. The number of benzene rings is 1. The Bertz CT molecular complexity index is 1110. The summed E-state index contributed by atoms with van der Waals surface area (Å²) in [5.74, 6) is -0.464. The van der Waals surface area contributed by atoms with E-state index in [0.717, 1.165) is 5.56 Å². The number of amides is 1. The van der Waals surface area contributed by atoms with Crippen LogP contribution in [-0.4, -0.2) is 25.3 Å². The van der Waals surface area contributed by atoms with E-state index in [0.29, 0.717) is 10.7 Å². The molecule has 3 aromatic heterocycles. The molecule has 0 saturated heterocycles. The third kappa shape index (κ3) is 2.79. The number of anilines is 1. The standard InChI is InChI=1S/C17H11N5O2S/c23-14(21-16-18-7-4-8-19-16)12-9-20-17-22(15(12)24)13(10-25-17)11-5-2-1-3-6-11/h1-10H,(H,18,19,21,23). The smallest absolute Gasteiger partial charge is 0.271 e. The lowest BCUT2D eigenvalue weighted by Crippen LogP contribution is -2.27. The summed E-state index contributed by atoms with van der Waals surface area (Å²) in [5, 5.41) is 4.35. The maximum atomic E-state index is 12.8. The number of aromatic nitrogens is 4. The Morgan fingerprint density at radius 1 is 1.04 bits per heavy atom. The highest BCUT2D eigenvalue weighted by Crippen LogP contribution is 2.23. The van der Waals surface area contributed by atoms with Crippen molar-refractivity contribution in [1.29, 1.82) is 0 Å². The number of hydrogen-bond donors (Lipinski definition) is 1. The van der Waals surface area contributed by atoms with Gasteiger partial charge >= 0.3 is 0 Å². The highest BCUT2D eigenvalue weighted by molar-refractivity contribution is 7.15. The van der Waals surface area contributed by atoms with Crippen molar-refractivity contribution in [3.05, 3.63) is 76.3 Å². The molecule has 4 rings (SSSR count). The van der Waals surface area contributed by atoms with Crippen LogP contribution in [0.5, 0.6) is 0 Å². The van der Waals surface area contributed by atoms with Crippen molar-refractivity contribution < 1.29 is 4.79 Å². The van der Waals surface area contributed by atoms with Gasteiger partial charge in [0, 0.05) is 24.0 Å². The molecule has 1 N–H and O–H groups in total. The van der Waals surface area contributed by atoms with Crippen LogP contribution in [0.1, 0.15) is 10.4 Å². The van der Waals surface area contributed by atoms with Gasteiger partial charge in [0.2, 0.25) is 5.95 Å². The third-order valence-electron chi connectivity index (χ3n) is 3.55. The summed E-state index contributed by atoms with van der Waals surface area (Å²) in [6, 6.07) is 11.1. The summed E-state index contributed by atoms with van der Waals surface area (Å²) >= 11 is 1.34. The molecule has 0 saturated carbocycles. The maximum absolute atomic E-state index is 12.8. The Kier molecular flexibility index (Phi) is 3.79. The Hall–Kier alpha value is -3.39. The molecule has 7 nitrogen and oxygen atoms in total. The number of fused-ring (bicyclic) bond motifs is 1. The van der Waals surface area contributed by atoms with Gasteiger partial charge in [0.05, 0.1) is 5.69 Å². The van der Waals surface area contributed by atoms with Crippen molar-refractivity contribution in [3.8, 4) is 11.3 Å². The first kappa shape index (κ1) is 15.2. The molecule has 1 amide bonds. The Morgan fingerprint density at radius 3 is 2.56 bits per heavy atom. The van der Waals surface area contributed by atoms with Crippen molar-refractivity contribution in [1.82, 2.24) is 19.4 Å². The van der Waals surface area contributed by atoms with Gasteiger partial charge in [-0.25, -0.2) is 15.0 Å². The fourth-order valence-electron chi connectivity index (χ4n) is 2.39. The van der Waals surface area contributed by atoms with Crippen LogP contribution < -0.4 is 10.9 Å². The van der Waals surface area contributed by atoms with Gasteiger partial charge in [-0.2, -0.15) is 0 Å². The number of rotatable bonds is 3. The van der Waals surface area contributed by atoms with Crippen LogP contribution in [-0.2, 0) is 0 Å². The topological polar surface area (TPSA) is 89.2 Å². The van der Waals surface area contributed by atoms with Crippen LogP contribution >= 0.6 is 11.3 Å². The predicted octanol–water partition coefficient (Wildman–Crippen LogP) is 2.47. The molecule has 0 fully saturated rings. The van der Waals surface area contributed by atoms with Gasteiger partial charge in [-0.3, -0.25) is 19.3 Å². The number of hydrogen-bond acceptors (Lipinski definition) is 6. The van der Waals surface area contributed by atoms with E-state index < -0.39 is 11.5 Å². The normalized spacial score (nSPS) is 10.7. The number of nitrogens with zero attached hydrogens (tertiary/aromatic N) is 4. The monoisotopic (exact) mass is 349 g/mol. The molecule has 0 spiro atoms. The van der Waals surface area contributed by atoms with Gasteiger partial charge in [-0.1, -0.05) is 30.3 Å². The van der Waals surface area contributed by atoms with Crippen LogP contribution in [0.2, 0.25) is 0 Å². The molecule has 0 atom stereocenters. The highest BCUT2D eigenvalue weighted by Gasteiger charge is 2.17. The zero-order chi connectivity index (χ0) is 17.2. The van der Waals surface area contributed by atoms with Crippen LogP contribution in [0.15, 0.2) is 65.2 Å². The minimum Gasteiger partial charge on any atom is -0.290 e. The molecule has 8 heteroatoms. The second-order valence-electron chi connectivity index (χ2n) is 5.11. The van der Waals surface area contributed by atoms with Crippen LogP contribution in [0.3, 0.4) is 0 Å². The summed E-state index contributed by atoms with van der Waals surface area (Å²) in [5.41, 5.74) is 1.07. The van der Waals surface area contributed by atoms with Gasteiger partial charge in [-0.15, -0.1) is 11.3 Å². The quantitative estimate of drug-likeness (QED) is 0.614. The molecular formula is C17H11N5O2S. The first-order valence-corrected chi connectivity index (χ1v) is 8.25. The van der Waals surface area contributed by atoms with Crippen LogP contribution in [0.4, 0.5) is 5.95 Å². The fourth-order valence-corrected chi connectivity index (χ4v) is 3.25. The number of nitrogens with one attached hydrogen (secondary N) is 1. The molecule has 1 aromatic carbocycles. The van der Waals surface area contributed by atoms with Gasteiger partial charge in [0.1, 0.15) is 5.56 Å². The van der Waals surface area contributed by atoms with Crippen molar-refractivity contribution in [2.75, 3.05) is 5.32 Å². The van der Waals surface area contributed by atoms with Crippen molar-refractivity contribution >= 4 is 28.2 Å². The van der Waals surface area contributed by atoms with E-state index in [2.05, 4.69) is 20.3 Å². The zero-order valence-electron chi connectivity index (χ0n) is 12.8. The molecule has 25 heavy (non-hydrogen) atoms. The lowest BCUT2D eigenvalue weighted by Gasteiger charge is -2.05. The molecule has 0 unspecified atom stereocenters. The second-order valence-corrected chi connectivity index (χ2v) is 5.95. The SMILES string of the molecule is O=C(Nc1ncccn1)c1cnc2scc(-c3ccccc3)n2c1=O. The van der Waals surface area contributed by atoms with E-state index in [1.54, 1.807) is 6.07 Å². The lowest BCUT2D eigenvalue weighted by molar-refractivity contribution is 0.102. The zero-order valence-corrected chi connectivity index (χ0v) is 13.6. The Balaban J connectivity index is 1.80. The van der Waals surface area contributed by atoms with Crippen molar-refractivity contribution in [3.63, 3.8) is 0 Å². The van der Waals surface area contributed by atoms with Crippen molar-refractivity contribution in [2.24, 2.45) is 0 Å². The molecular weight excluding hydrogens is 338 g/mol. The van der Waals surface area contributed by atoms with Gasteiger partial charge in [0.15, 0.2) is 4.96 Å². The fraction of sp³-hybridized carbons (Fsp3) is 0. The lowest BCUT2D eigenvalue weighted by atomic mass is 10.2. The van der Waals surface area contributed by atoms with Crippen molar-refractivity contribution in [2.45, 2.75) is 0 Å². The molecule has 4 aromatic rings. The van der Waals surface area contributed by atoms with E-state index in [4.69, 9.17) is 0 Å². The average Bonchev–Trinajstić information content (AvgIpc) is 3.08. The molecule has 0 aliphatic carbocycles. The molecule has 0 bridgehead atoms. The molecule has 122 valence electrons. The molecule has 0 aliphatic rings. The maximum Gasteiger partial charge on any atom is 0.271 e. The van der Waals surface area contributed by atoms with Crippen LogP contribution in [0, 0.1) is 0 Å². The van der Waals surface area contributed by atoms with E-state index in [1.165, 1.54) is 34.3 Å². The largest absolute Gasteiger partial charge is 0.290 e. The summed E-state index contributed by atoms with van der Waals surface area (Å²) < 4.78 is 1.45. The predicted molar refractivity (Wildman–Crippen MR) is 94.8 cm³/mol. The number of carbonyl (C=O) groups excluding carboxylic acids is 1. The van der Waals surface area contributed by atoms with Gasteiger partial charge in [0.25, 0.3) is 11.5 Å². The highest BCUT2D eigenvalue weighted by atomic mass is 32.1. The third-order valence-corrected chi connectivity index (χ3v) is 4.39. The number of thiazole rings is 1. The van der Waals surface area contributed by atoms with Gasteiger partial charge in [-0.05, 0) is 11.6 Å². The summed E-state index contributed by atoms with van der Waals surface area (Å²) in [4.78, 5) is 37.8. The first-order chi connectivity index (χ1) is 12.2. The average molecular weight is 349 g/mol. The Labute approximate surface area is 145 Å². The first-order valence-electron chi connectivity index (χ1n) is 7.37. The minimum absolute atomic E-state index is 0.0689. The van der Waals surface area contributed by atoms with Gasteiger partial charge < -0.3 is 0 Å².